The number of aryl methyl sites for hydroxylation is 3. The molecule has 1 aromatic carbocycles. The van der Waals surface area contributed by atoms with E-state index in [9.17, 15) is 4.79 Å². The van der Waals surface area contributed by atoms with Crippen LogP contribution >= 0.6 is 0 Å². The quantitative estimate of drug-likeness (QED) is 0.830. The molecule has 4 rings (SSSR count). The SMILES string of the molecule is Cc1ccc(OCC(=O)N2CCCC2c2nnc3n2CCCCC3)c(C)c1. The van der Waals surface area contributed by atoms with Crippen molar-refractivity contribution in [3.8, 4) is 5.75 Å². The van der Waals surface area contributed by atoms with Crippen LogP contribution in [0.15, 0.2) is 18.2 Å². The average Bonchev–Trinajstić information content (AvgIpc) is 3.21. The minimum atomic E-state index is 0.0274. The minimum absolute atomic E-state index is 0.0274. The van der Waals surface area contributed by atoms with E-state index >= 15 is 0 Å². The highest BCUT2D eigenvalue weighted by atomic mass is 16.5. The highest BCUT2D eigenvalue weighted by molar-refractivity contribution is 5.78. The largest absolute Gasteiger partial charge is 0.483 e. The molecule has 1 atom stereocenters. The Labute approximate surface area is 160 Å². The highest BCUT2D eigenvalue weighted by Crippen LogP contribution is 2.32. The molecule has 3 heterocycles. The molecule has 2 aromatic rings. The van der Waals surface area contributed by atoms with Crippen molar-refractivity contribution in [2.75, 3.05) is 13.2 Å². The van der Waals surface area contributed by atoms with Crippen LogP contribution in [0.25, 0.3) is 0 Å². The second kappa shape index (κ2) is 7.71. The fraction of sp³-hybridized carbons (Fsp3) is 0.571. The highest BCUT2D eigenvalue weighted by Gasteiger charge is 2.34. The number of hydrogen-bond acceptors (Lipinski definition) is 4. The summed E-state index contributed by atoms with van der Waals surface area (Å²) in [6.45, 7) is 5.87. The second-order valence-electron chi connectivity index (χ2n) is 7.74. The Kier molecular flexibility index (Phi) is 5.14. The van der Waals surface area contributed by atoms with Gasteiger partial charge in [0.25, 0.3) is 5.91 Å². The van der Waals surface area contributed by atoms with Gasteiger partial charge < -0.3 is 14.2 Å². The molecule has 144 valence electrons. The van der Waals surface area contributed by atoms with E-state index in [2.05, 4.69) is 27.8 Å². The van der Waals surface area contributed by atoms with Crippen LogP contribution in [0.3, 0.4) is 0 Å². The summed E-state index contributed by atoms with van der Waals surface area (Å²) in [6.07, 6.45) is 6.52. The molecule has 6 nitrogen and oxygen atoms in total. The summed E-state index contributed by atoms with van der Waals surface area (Å²) >= 11 is 0. The van der Waals surface area contributed by atoms with E-state index in [-0.39, 0.29) is 18.6 Å². The Bertz CT molecular complexity index is 830. The van der Waals surface area contributed by atoms with Gasteiger partial charge in [0.2, 0.25) is 0 Å². The molecule has 1 unspecified atom stereocenters. The maximum absolute atomic E-state index is 12.9. The first kappa shape index (κ1) is 18.0. The number of aromatic nitrogens is 3. The zero-order valence-corrected chi connectivity index (χ0v) is 16.3. The Morgan fingerprint density at radius 3 is 2.89 bits per heavy atom. The Morgan fingerprint density at radius 1 is 1.15 bits per heavy atom. The van der Waals surface area contributed by atoms with Crippen molar-refractivity contribution in [2.45, 2.75) is 65.0 Å². The van der Waals surface area contributed by atoms with Gasteiger partial charge in [0, 0.05) is 19.5 Å². The van der Waals surface area contributed by atoms with E-state index in [4.69, 9.17) is 4.74 Å². The fourth-order valence-corrected chi connectivity index (χ4v) is 4.27. The molecule has 0 saturated carbocycles. The summed E-state index contributed by atoms with van der Waals surface area (Å²) in [7, 11) is 0. The molecular formula is C21H28N4O2. The van der Waals surface area contributed by atoms with E-state index in [0.717, 1.165) is 61.7 Å². The summed E-state index contributed by atoms with van der Waals surface area (Å²) in [5, 5.41) is 8.89. The third-order valence-corrected chi connectivity index (χ3v) is 5.69. The van der Waals surface area contributed by atoms with Crippen molar-refractivity contribution in [2.24, 2.45) is 0 Å². The lowest BCUT2D eigenvalue weighted by atomic mass is 10.1. The number of likely N-dealkylation sites (tertiary alicyclic amines) is 1. The minimum Gasteiger partial charge on any atom is -0.483 e. The third-order valence-electron chi connectivity index (χ3n) is 5.69. The predicted molar refractivity (Wildman–Crippen MR) is 103 cm³/mol. The Hall–Kier alpha value is -2.37. The van der Waals surface area contributed by atoms with Crippen molar-refractivity contribution in [1.82, 2.24) is 19.7 Å². The lowest BCUT2D eigenvalue weighted by Crippen LogP contribution is -2.35. The first-order valence-electron chi connectivity index (χ1n) is 10.0. The summed E-state index contributed by atoms with van der Waals surface area (Å²) in [5.74, 6) is 2.85. The summed E-state index contributed by atoms with van der Waals surface area (Å²) in [6, 6.07) is 6.05. The first-order chi connectivity index (χ1) is 13.1. The van der Waals surface area contributed by atoms with Gasteiger partial charge >= 0.3 is 0 Å². The van der Waals surface area contributed by atoms with Crippen LogP contribution in [-0.2, 0) is 17.8 Å². The van der Waals surface area contributed by atoms with Gasteiger partial charge in [0.15, 0.2) is 12.4 Å². The zero-order valence-electron chi connectivity index (χ0n) is 16.3. The summed E-state index contributed by atoms with van der Waals surface area (Å²) in [4.78, 5) is 14.8. The van der Waals surface area contributed by atoms with Crippen molar-refractivity contribution in [3.05, 3.63) is 41.0 Å². The van der Waals surface area contributed by atoms with Gasteiger partial charge in [-0.1, -0.05) is 24.1 Å². The molecule has 6 heteroatoms. The van der Waals surface area contributed by atoms with Crippen LogP contribution < -0.4 is 4.74 Å². The maximum Gasteiger partial charge on any atom is 0.261 e. The molecule has 2 aliphatic heterocycles. The van der Waals surface area contributed by atoms with Gasteiger partial charge in [-0.3, -0.25) is 4.79 Å². The zero-order chi connectivity index (χ0) is 18.8. The van der Waals surface area contributed by atoms with Crippen LogP contribution in [0.4, 0.5) is 0 Å². The standard InChI is InChI=1S/C21H28N4O2/c1-15-9-10-18(16(2)13-15)27-14-20(26)24-12-6-7-17(24)21-23-22-19-8-4-3-5-11-25(19)21/h9-10,13,17H,3-8,11-12,14H2,1-2H3. The molecule has 1 amide bonds. The van der Waals surface area contributed by atoms with Gasteiger partial charge in [-0.15, -0.1) is 10.2 Å². The van der Waals surface area contributed by atoms with E-state index in [1.54, 1.807) is 0 Å². The molecule has 1 fully saturated rings. The van der Waals surface area contributed by atoms with E-state index in [1.165, 1.54) is 18.4 Å². The Morgan fingerprint density at radius 2 is 2.04 bits per heavy atom. The molecule has 1 saturated heterocycles. The number of carbonyl (C=O) groups excluding carboxylic acids is 1. The van der Waals surface area contributed by atoms with Gasteiger partial charge in [0.1, 0.15) is 11.6 Å². The molecule has 2 aliphatic rings. The maximum atomic E-state index is 12.9. The van der Waals surface area contributed by atoms with E-state index in [0.29, 0.717) is 0 Å². The number of hydrogen-bond donors (Lipinski definition) is 0. The number of rotatable bonds is 4. The van der Waals surface area contributed by atoms with Crippen LogP contribution in [-0.4, -0.2) is 38.7 Å². The van der Waals surface area contributed by atoms with Gasteiger partial charge in [-0.25, -0.2) is 0 Å². The number of carbonyl (C=O) groups is 1. The van der Waals surface area contributed by atoms with Crippen LogP contribution in [0.2, 0.25) is 0 Å². The third kappa shape index (κ3) is 3.70. The first-order valence-corrected chi connectivity index (χ1v) is 10.0. The molecule has 0 aliphatic carbocycles. The van der Waals surface area contributed by atoms with Crippen molar-refractivity contribution in [3.63, 3.8) is 0 Å². The van der Waals surface area contributed by atoms with Gasteiger partial charge in [0.05, 0.1) is 6.04 Å². The molecule has 0 radical (unpaired) electrons. The second-order valence-corrected chi connectivity index (χ2v) is 7.74. The van der Waals surface area contributed by atoms with Crippen molar-refractivity contribution in [1.29, 1.82) is 0 Å². The number of nitrogens with zero attached hydrogens (tertiary/aromatic N) is 4. The number of benzene rings is 1. The molecule has 1 aromatic heterocycles. The Balaban J connectivity index is 1.46. The fourth-order valence-electron chi connectivity index (χ4n) is 4.27. The van der Waals surface area contributed by atoms with E-state index in [1.807, 2.05) is 24.0 Å². The smallest absolute Gasteiger partial charge is 0.261 e. The number of ether oxygens (including phenoxy) is 1. The van der Waals surface area contributed by atoms with Gasteiger partial charge in [-0.05, 0) is 51.2 Å². The van der Waals surface area contributed by atoms with Gasteiger partial charge in [-0.2, -0.15) is 0 Å². The topological polar surface area (TPSA) is 60.2 Å². The summed E-state index contributed by atoms with van der Waals surface area (Å²) < 4.78 is 8.09. The molecular weight excluding hydrogens is 340 g/mol. The molecule has 27 heavy (non-hydrogen) atoms. The normalized spacial score (nSPS) is 19.6. The lowest BCUT2D eigenvalue weighted by molar-refractivity contribution is -0.134. The van der Waals surface area contributed by atoms with Crippen molar-refractivity contribution >= 4 is 5.91 Å². The van der Waals surface area contributed by atoms with Crippen molar-refractivity contribution < 1.29 is 9.53 Å². The predicted octanol–water partition coefficient (Wildman–Crippen LogP) is 3.36. The number of fused-ring (bicyclic) bond motifs is 1. The number of amides is 1. The van der Waals surface area contributed by atoms with E-state index < -0.39 is 0 Å². The molecule has 0 N–H and O–H groups in total. The molecule has 0 spiro atoms. The molecule has 0 bridgehead atoms. The van der Waals surface area contributed by atoms with Crippen LogP contribution in [0.5, 0.6) is 5.75 Å². The monoisotopic (exact) mass is 368 g/mol. The lowest BCUT2D eigenvalue weighted by Gasteiger charge is -2.25. The van der Waals surface area contributed by atoms with Crippen LogP contribution in [0.1, 0.15) is 60.9 Å². The summed E-state index contributed by atoms with van der Waals surface area (Å²) in [5.41, 5.74) is 2.25. The van der Waals surface area contributed by atoms with Crippen LogP contribution in [0, 0.1) is 13.8 Å². The average molecular weight is 368 g/mol.